The van der Waals surface area contributed by atoms with E-state index in [4.69, 9.17) is 20.9 Å². The van der Waals surface area contributed by atoms with Crippen LogP contribution in [0.2, 0.25) is 5.02 Å². The van der Waals surface area contributed by atoms with Crippen LogP contribution in [-0.2, 0) is 10.3 Å². The minimum absolute atomic E-state index is 0.223. The van der Waals surface area contributed by atoms with Crippen molar-refractivity contribution in [2.45, 2.75) is 44.8 Å². The summed E-state index contributed by atoms with van der Waals surface area (Å²) in [6.45, 7) is 3.43. The van der Waals surface area contributed by atoms with Crippen molar-refractivity contribution < 1.29 is 14.1 Å². The molecule has 0 radical (unpaired) electrons. The van der Waals surface area contributed by atoms with Gasteiger partial charge in [-0.25, -0.2) is 0 Å². The molecule has 1 heterocycles. The number of halogens is 2. The van der Waals surface area contributed by atoms with Gasteiger partial charge in [-0.2, -0.15) is 4.98 Å². The molecule has 1 N–H and O–H groups in total. The second-order valence-electron chi connectivity index (χ2n) is 5.90. The summed E-state index contributed by atoms with van der Waals surface area (Å²) in [6, 6.07) is 5.15. The number of hydrogen-bond acceptors (Lipinski definition) is 5. The van der Waals surface area contributed by atoms with Gasteiger partial charge in [-0.3, -0.25) is 4.79 Å². The number of carbonyl (C=O) groups excluding carboxylic acids is 1. The van der Waals surface area contributed by atoms with Gasteiger partial charge in [-0.15, -0.1) is 0 Å². The molecule has 1 fully saturated rings. The first kappa shape index (κ1) is 17.2. The maximum atomic E-state index is 12.6. The Morgan fingerprint density at radius 3 is 2.79 bits per heavy atom. The van der Waals surface area contributed by atoms with Crippen molar-refractivity contribution in [3.05, 3.63) is 39.4 Å². The van der Waals surface area contributed by atoms with Gasteiger partial charge in [0.2, 0.25) is 5.89 Å². The fourth-order valence-corrected chi connectivity index (χ4v) is 3.36. The number of benzene rings is 1. The van der Waals surface area contributed by atoms with E-state index in [1.807, 2.05) is 0 Å². The van der Waals surface area contributed by atoms with Crippen molar-refractivity contribution in [2.75, 3.05) is 0 Å². The SMILES string of the molecule is Cc1nc(C2(NC(=O)C(C)Oc3ccc(Cl)cc3Br)CCC2)no1. The molecule has 1 amide bonds. The van der Waals surface area contributed by atoms with E-state index >= 15 is 0 Å². The summed E-state index contributed by atoms with van der Waals surface area (Å²) in [5.74, 6) is 1.35. The average Bonchev–Trinajstić information content (AvgIpc) is 2.92. The first-order valence-electron chi connectivity index (χ1n) is 7.64. The van der Waals surface area contributed by atoms with Crippen LogP contribution in [0.1, 0.15) is 37.9 Å². The molecule has 6 nitrogen and oxygen atoms in total. The molecular formula is C16H17BrClN3O3. The summed E-state index contributed by atoms with van der Waals surface area (Å²) >= 11 is 9.29. The lowest BCUT2D eigenvalue weighted by Crippen LogP contribution is -2.54. The minimum Gasteiger partial charge on any atom is -0.480 e. The number of rotatable bonds is 5. The molecule has 0 bridgehead atoms. The Bertz CT molecular complexity index is 761. The van der Waals surface area contributed by atoms with E-state index in [0.29, 0.717) is 27.0 Å². The van der Waals surface area contributed by atoms with Crippen LogP contribution in [0.15, 0.2) is 27.2 Å². The van der Waals surface area contributed by atoms with E-state index < -0.39 is 11.6 Å². The van der Waals surface area contributed by atoms with Gasteiger partial charge >= 0.3 is 0 Å². The normalized spacial score (nSPS) is 17.0. The van der Waals surface area contributed by atoms with Crippen molar-refractivity contribution in [3.8, 4) is 5.75 Å². The zero-order valence-electron chi connectivity index (χ0n) is 13.3. The van der Waals surface area contributed by atoms with Crippen molar-refractivity contribution in [1.82, 2.24) is 15.5 Å². The second kappa shape index (κ2) is 6.72. The van der Waals surface area contributed by atoms with Crippen LogP contribution in [0.25, 0.3) is 0 Å². The third-order valence-corrected chi connectivity index (χ3v) is 4.95. The summed E-state index contributed by atoms with van der Waals surface area (Å²) < 4.78 is 11.5. The summed E-state index contributed by atoms with van der Waals surface area (Å²) in [6.07, 6.45) is 1.91. The van der Waals surface area contributed by atoms with Crippen molar-refractivity contribution in [1.29, 1.82) is 0 Å². The fourth-order valence-electron chi connectivity index (χ4n) is 2.58. The molecule has 128 valence electrons. The zero-order valence-corrected chi connectivity index (χ0v) is 15.6. The molecule has 1 aliphatic rings. The van der Waals surface area contributed by atoms with Gasteiger partial charge in [0.1, 0.15) is 11.3 Å². The predicted octanol–water partition coefficient (Wildman–Crippen LogP) is 3.76. The van der Waals surface area contributed by atoms with Crippen LogP contribution >= 0.6 is 27.5 Å². The van der Waals surface area contributed by atoms with Crippen molar-refractivity contribution in [2.24, 2.45) is 0 Å². The Hall–Kier alpha value is -1.60. The standard InChI is InChI=1S/C16H17BrClN3O3/c1-9(23-13-5-4-11(18)8-12(13)17)14(22)20-16(6-3-7-16)15-19-10(2)24-21-15/h4-5,8-9H,3,6-7H2,1-2H3,(H,20,22). The van der Waals surface area contributed by atoms with Crippen molar-refractivity contribution >= 4 is 33.4 Å². The van der Waals surface area contributed by atoms with Gasteiger partial charge in [0, 0.05) is 11.9 Å². The van der Waals surface area contributed by atoms with E-state index in [0.717, 1.165) is 19.3 Å². The minimum atomic E-state index is -0.673. The molecule has 1 saturated carbocycles. The van der Waals surface area contributed by atoms with Gasteiger partial charge in [0.25, 0.3) is 5.91 Å². The van der Waals surface area contributed by atoms with Crippen LogP contribution in [-0.4, -0.2) is 22.2 Å². The van der Waals surface area contributed by atoms with E-state index in [-0.39, 0.29) is 5.91 Å². The lowest BCUT2D eigenvalue weighted by molar-refractivity contribution is -0.130. The van der Waals surface area contributed by atoms with E-state index in [2.05, 4.69) is 31.4 Å². The Labute approximate surface area is 153 Å². The second-order valence-corrected chi connectivity index (χ2v) is 7.19. The van der Waals surface area contributed by atoms with Gasteiger partial charge in [-0.1, -0.05) is 16.8 Å². The number of aromatic nitrogens is 2. The van der Waals surface area contributed by atoms with E-state index in [1.165, 1.54) is 0 Å². The number of hydrogen-bond donors (Lipinski definition) is 1. The third-order valence-electron chi connectivity index (χ3n) is 4.09. The first-order chi connectivity index (χ1) is 11.4. The van der Waals surface area contributed by atoms with Crippen LogP contribution in [0.3, 0.4) is 0 Å². The average molecular weight is 415 g/mol. The number of nitrogens with zero attached hydrogens (tertiary/aromatic N) is 2. The fraction of sp³-hybridized carbons (Fsp3) is 0.438. The molecule has 0 aliphatic heterocycles. The summed E-state index contributed by atoms with van der Waals surface area (Å²) in [7, 11) is 0. The molecule has 1 aliphatic carbocycles. The molecule has 0 saturated heterocycles. The van der Waals surface area contributed by atoms with Gasteiger partial charge in [-0.05, 0) is 60.3 Å². The summed E-state index contributed by atoms with van der Waals surface area (Å²) in [4.78, 5) is 16.8. The lowest BCUT2D eigenvalue weighted by Gasteiger charge is -2.40. The highest BCUT2D eigenvalue weighted by molar-refractivity contribution is 9.10. The Morgan fingerprint density at radius 1 is 1.50 bits per heavy atom. The Kier molecular flexibility index (Phi) is 4.83. The van der Waals surface area contributed by atoms with E-state index in [9.17, 15) is 4.79 Å². The van der Waals surface area contributed by atoms with Crippen molar-refractivity contribution in [3.63, 3.8) is 0 Å². The quantitative estimate of drug-likeness (QED) is 0.806. The number of amides is 1. The first-order valence-corrected chi connectivity index (χ1v) is 8.81. The number of carbonyl (C=O) groups is 1. The topological polar surface area (TPSA) is 77.2 Å². The van der Waals surface area contributed by atoms with Crippen LogP contribution in [0.5, 0.6) is 5.75 Å². The zero-order chi connectivity index (χ0) is 17.3. The lowest BCUT2D eigenvalue weighted by atomic mass is 9.76. The third kappa shape index (κ3) is 3.42. The van der Waals surface area contributed by atoms with Crippen LogP contribution in [0, 0.1) is 6.92 Å². The smallest absolute Gasteiger partial charge is 0.261 e. The molecule has 3 rings (SSSR count). The highest BCUT2D eigenvalue weighted by Crippen LogP contribution is 2.40. The molecule has 1 unspecified atom stereocenters. The maximum Gasteiger partial charge on any atom is 0.261 e. The van der Waals surface area contributed by atoms with Crippen LogP contribution in [0.4, 0.5) is 0 Å². The summed E-state index contributed by atoms with van der Waals surface area (Å²) in [5.41, 5.74) is -0.552. The monoisotopic (exact) mass is 413 g/mol. The van der Waals surface area contributed by atoms with E-state index in [1.54, 1.807) is 32.0 Å². The number of aryl methyl sites for hydroxylation is 1. The molecule has 8 heteroatoms. The van der Waals surface area contributed by atoms with Crippen LogP contribution < -0.4 is 10.1 Å². The molecule has 1 atom stereocenters. The molecule has 1 aromatic heterocycles. The highest BCUT2D eigenvalue weighted by Gasteiger charge is 2.45. The largest absolute Gasteiger partial charge is 0.480 e. The van der Waals surface area contributed by atoms with Gasteiger partial charge in [0.15, 0.2) is 11.9 Å². The number of ether oxygens (including phenoxy) is 1. The molecular weight excluding hydrogens is 398 g/mol. The summed E-state index contributed by atoms with van der Waals surface area (Å²) in [5, 5.41) is 7.58. The molecule has 0 spiro atoms. The van der Waals surface area contributed by atoms with Gasteiger partial charge in [0.05, 0.1) is 4.47 Å². The highest BCUT2D eigenvalue weighted by atomic mass is 79.9. The predicted molar refractivity (Wildman–Crippen MR) is 91.9 cm³/mol. The maximum absolute atomic E-state index is 12.6. The number of nitrogens with one attached hydrogen (secondary N) is 1. The molecule has 2 aromatic rings. The Balaban J connectivity index is 1.69. The molecule has 24 heavy (non-hydrogen) atoms. The Morgan fingerprint density at radius 2 is 2.25 bits per heavy atom. The molecule has 1 aromatic carbocycles. The van der Waals surface area contributed by atoms with Gasteiger partial charge < -0.3 is 14.6 Å².